The van der Waals surface area contributed by atoms with Gasteiger partial charge in [-0.1, -0.05) is 23.7 Å². The highest BCUT2D eigenvalue weighted by Crippen LogP contribution is 2.29. The van der Waals surface area contributed by atoms with Gasteiger partial charge >= 0.3 is 0 Å². The molecule has 1 aliphatic carbocycles. The number of fused-ring (bicyclic) bond motifs is 1. The Morgan fingerprint density at radius 3 is 2.92 bits per heavy atom. The third-order valence-electron chi connectivity index (χ3n) is 5.14. The van der Waals surface area contributed by atoms with E-state index in [1.54, 1.807) is 0 Å². The smallest absolute Gasteiger partial charge is 0.223 e. The second kappa shape index (κ2) is 7.37. The molecule has 2 heterocycles. The maximum absolute atomic E-state index is 12.0. The van der Waals surface area contributed by atoms with E-state index in [-0.39, 0.29) is 17.9 Å². The number of halogens is 1. The van der Waals surface area contributed by atoms with Crippen molar-refractivity contribution < 1.29 is 4.79 Å². The summed E-state index contributed by atoms with van der Waals surface area (Å²) in [4.78, 5) is 14.5. The van der Waals surface area contributed by atoms with Gasteiger partial charge < -0.3 is 9.88 Å². The highest BCUT2D eigenvalue weighted by atomic mass is 35.5. The zero-order valence-corrected chi connectivity index (χ0v) is 15.7. The molecule has 0 saturated heterocycles. The van der Waals surface area contributed by atoms with Crippen LogP contribution in [0.1, 0.15) is 43.0 Å². The van der Waals surface area contributed by atoms with Crippen LogP contribution >= 0.6 is 11.6 Å². The summed E-state index contributed by atoms with van der Waals surface area (Å²) in [6, 6.07) is 7.92. The van der Waals surface area contributed by atoms with Crippen LogP contribution in [-0.2, 0) is 24.3 Å². The second-order valence-corrected chi connectivity index (χ2v) is 7.72. The molecule has 0 bridgehead atoms. The predicted octanol–water partition coefficient (Wildman–Crippen LogP) is 2.58. The van der Waals surface area contributed by atoms with Crippen LogP contribution < -0.4 is 5.32 Å². The van der Waals surface area contributed by atoms with Crippen LogP contribution in [0.4, 0.5) is 0 Å². The van der Waals surface area contributed by atoms with Gasteiger partial charge in [0.15, 0.2) is 5.82 Å². The summed E-state index contributed by atoms with van der Waals surface area (Å²) in [6.45, 7) is 5.57. The van der Waals surface area contributed by atoms with Crippen LogP contribution in [0.25, 0.3) is 0 Å². The minimum atomic E-state index is -0.108. The molecule has 1 fully saturated rings. The summed E-state index contributed by atoms with van der Waals surface area (Å²) in [6.07, 6.45) is 2.88. The average molecular weight is 374 g/mol. The van der Waals surface area contributed by atoms with Crippen molar-refractivity contribution >= 4 is 17.5 Å². The molecule has 1 atom stereocenters. The lowest BCUT2D eigenvalue weighted by molar-refractivity contribution is -0.123. The zero-order chi connectivity index (χ0) is 18.1. The van der Waals surface area contributed by atoms with Crippen LogP contribution in [-0.4, -0.2) is 38.7 Å². The molecule has 1 N–H and O–H groups in total. The zero-order valence-electron chi connectivity index (χ0n) is 15.0. The van der Waals surface area contributed by atoms with E-state index in [4.69, 9.17) is 11.6 Å². The number of hydrogen-bond donors (Lipinski definition) is 1. The lowest BCUT2D eigenvalue weighted by atomic mass is 10.2. The van der Waals surface area contributed by atoms with Crippen molar-refractivity contribution in [3.63, 3.8) is 0 Å². The van der Waals surface area contributed by atoms with Crippen LogP contribution in [0.5, 0.6) is 0 Å². The molecule has 1 saturated carbocycles. The van der Waals surface area contributed by atoms with Crippen LogP contribution in [0, 0.1) is 5.92 Å². The molecular weight excluding hydrogens is 350 g/mol. The topological polar surface area (TPSA) is 63.1 Å². The molecule has 1 amide bonds. The standard InChI is InChI=1S/C19H24ClN5O/c1-13(21-19(26)15-5-6-15)18-23-22-17-7-8-24(9-10-25(17)18)12-14-3-2-4-16(20)11-14/h2-4,11,13,15H,5-10,12H2,1H3,(H,21,26)/t13-/m0/s1. The number of aromatic nitrogens is 3. The van der Waals surface area contributed by atoms with Gasteiger partial charge in [-0.05, 0) is 37.5 Å². The van der Waals surface area contributed by atoms with Crippen molar-refractivity contribution in [2.45, 2.75) is 45.3 Å². The molecule has 4 rings (SSSR count). The minimum Gasteiger partial charge on any atom is -0.346 e. The van der Waals surface area contributed by atoms with Gasteiger partial charge in [-0.3, -0.25) is 9.69 Å². The fourth-order valence-electron chi connectivity index (χ4n) is 3.50. The van der Waals surface area contributed by atoms with E-state index in [0.717, 1.165) is 62.1 Å². The molecule has 2 aromatic rings. The first kappa shape index (κ1) is 17.5. The normalized spacial score (nSPS) is 18.8. The largest absolute Gasteiger partial charge is 0.346 e. The van der Waals surface area contributed by atoms with Crippen molar-refractivity contribution in [1.82, 2.24) is 25.0 Å². The molecule has 6 nitrogen and oxygen atoms in total. The molecule has 1 aromatic heterocycles. The minimum absolute atomic E-state index is 0.108. The molecule has 0 unspecified atom stereocenters. The van der Waals surface area contributed by atoms with Gasteiger partial charge in [0.05, 0.1) is 6.04 Å². The van der Waals surface area contributed by atoms with Crippen molar-refractivity contribution in [2.75, 3.05) is 13.1 Å². The monoisotopic (exact) mass is 373 g/mol. The number of rotatable bonds is 5. The quantitative estimate of drug-likeness (QED) is 0.875. The average Bonchev–Trinajstić information content (AvgIpc) is 3.41. The van der Waals surface area contributed by atoms with Crippen LogP contribution in [0.2, 0.25) is 5.02 Å². The van der Waals surface area contributed by atoms with Crippen molar-refractivity contribution in [3.8, 4) is 0 Å². The van der Waals surface area contributed by atoms with E-state index in [1.165, 1.54) is 5.56 Å². The van der Waals surface area contributed by atoms with E-state index in [1.807, 2.05) is 25.1 Å². The van der Waals surface area contributed by atoms with E-state index >= 15 is 0 Å². The van der Waals surface area contributed by atoms with E-state index < -0.39 is 0 Å². The first-order valence-electron chi connectivity index (χ1n) is 9.29. The summed E-state index contributed by atoms with van der Waals surface area (Å²) in [5, 5.41) is 12.6. The van der Waals surface area contributed by atoms with Gasteiger partial charge in [0.25, 0.3) is 0 Å². The Kier molecular flexibility index (Phi) is 4.96. The predicted molar refractivity (Wildman–Crippen MR) is 99.7 cm³/mol. The fraction of sp³-hybridized carbons (Fsp3) is 0.526. The van der Waals surface area contributed by atoms with Crippen molar-refractivity contribution in [1.29, 1.82) is 0 Å². The molecule has 1 aliphatic heterocycles. The molecule has 1 aromatic carbocycles. The highest BCUT2D eigenvalue weighted by Gasteiger charge is 2.31. The molecule has 0 radical (unpaired) electrons. The molecular formula is C19H24ClN5O. The van der Waals surface area contributed by atoms with Gasteiger partial charge in [-0.2, -0.15) is 0 Å². The first-order chi connectivity index (χ1) is 12.6. The second-order valence-electron chi connectivity index (χ2n) is 7.29. The lowest BCUT2D eigenvalue weighted by Crippen LogP contribution is -2.31. The summed E-state index contributed by atoms with van der Waals surface area (Å²) in [5.74, 6) is 2.21. The first-order valence-corrected chi connectivity index (χ1v) is 9.67. The lowest BCUT2D eigenvalue weighted by Gasteiger charge is -2.20. The summed E-state index contributed by atoms with van der Waals surface area (Å²) in [7, 11) is 0. The fourth-order valence-corrected chi connectivity index (χ4v) is 3.72. The highest BCUT2D eigenvalue weighted by molar-refractivity contribution is 6.30. The molecule has 0 spiro atoms. The molecule has 2 aliphatic rings. The number of carbonyl (C=O) groups is 1. The summed E-state index contributed by atoms with van der Waals surface area (Å²) >= 11 is 6.10. The van der Waals surface area contributed by atoms with Gasteiger partial charge in [0, 0.05) is 43.5 Å². The molecule has 7 heteroatoms. The van der Waals surface area contributed by atoms with E-state index in [2.05, 4.69) is 31.0 Å². The third kappa shape index (κ3) is 3.91. The SMILES string of the molecule is C[C@H](NC(=O)C1CC1)c1nnc2n1CCN(Cc1cccc(Cl)c1)CC2. The van der Waals surface area contributed by atoms with E-state index in [9.17, 15) is 4.79 Å². The van der Waals surface area contributed by atoms with Crippen molar-refractivity contribution in [3.05, 3.63) is 46.5 Å². The Bertz CT molecular complexity index is 801. The van der Waals surface area contributed by atoms with Gasteiger partial charge in [0.1, 0.15) is 5.82 Å². The number of hydrogen-bond acceptors (Lipinski definition) is 4. The maximum atomic E-state index is 12.0. The van der Waals surface area contributed by atoms with Gasteiger partial charge in [-0.15, -0.1) is 10.2 Å². The number of carbonyl (C=O) groups excluding carboxylic acids is 1. The number of nitrogens with zero attached hydrogens (tertiary/aromatic N) is 4. The maximum Gasteiger partial charge on any atom is 0.223 e. The van der Waals surface area contributed by atoms with E-state index in [0.29, 0.717) is 0 Å². The summed E-state index contributed by atoms with van der Waals surface area (Å²) < 4.78 is 2.18. The number of amides is 1. The third-order valence-corrected chi connectivity index (χ3v) is 5.37. The Balaban J connectivity index is 1.41. The Hall–Kier alpha value is -1.92. The van der Waals surface area contributed by atoms with Crippen molar-refractivity contribution in [2.24, 2.45) is 5.92 Å². The molecule has 26 heavy (non-hydrogen) atoms. The Morgan fingerprint density at radius 1 is 1.31 bits per heavy atom. The van der Waals surface area contributed by atoms with Crippen LogP contribution in [0.15, 0.2) is 24.3 Å². The Morgan fingerprint density at radius 2 is 2.15 bits per heavy atom. The number of benzene rings is 1. The molecule has 138 valence electrons. The number of nitrogens with one attached hydrogen (secondary N) is 1. The van der Waals surface area contributed by atoms with Gasteiger partial charge in [0.2, 0.25) is 5.91 Å². The summed E-state index contributed by atoms with van der Waals surface area (Å²) in [5.41, 5.74) is 1.22. The Labute approximate surface area is 158 Å². The van der Waals surface area contributed by atoms with Gasteiger partial charge in [-0.25, -0.2) is 0 Å². The van der Waals surface area contributed by atoms with Crippen LogP contribution in [0.3, 0.4) is 0 Å².